The van der Waals surface area contributed by atoms with Gasteiger partial charge in [-0.15, -0.1) is 0 Å². The second-order valence-corrected chi connectivity index (χ2v) is 3.90. The smallest absolute Gasteiger partial charge is 0.306 e. The molecule has 0 radical (unpaired) electrons. The first kappa shape index (κ1) is 12.1. The third-order valence-corrected chi connectivity index (χ3v) is 1.58. The zero-order valence-electron chi connectivity index (χ0n) is 7.18. The molecular formula is C6H16NO4P. The highest BCUT2D eigenvalue weighted by Gasteiger charge is 2.02. The second-order valence-electron chi connectivity index (χ2n) is 2.88. The molecule has 1 heterocycles. The van der Waals surface area contributed by atoms with Crippen molar-refractivity contribution >= 4 is 7.82 Å². The highest BCUT2D eigenvalue weighted by atomic mass is 31.2. The van der Waals surface area contributed by atoms with Gasteiger partial charge in [0, 0.05) is 0 Å². The van der Waals surface area contributed by atoms with Gasteiger partial charge >= 0.3 is 7.82 Å². The third-order valence-electron chi connectivity index (χ3n) is 1.58. The number of rotatable bonds is 0. The lowest BCUT2D eigenvalue weighted by Crippen LogP contribution is -2.24. The average molecular weight is 197 g/mol. The quantitative estimate of drug-likeness (QED) is 0.482. The fraction of sp³-hybridized carbons (Fsp3) is 1.00. The van der Waals surface area contributed by atoms with E-state index in [1.807, 2.05) is 0 Å². The summed E-state index contributed by atoms with van der Waals surface area (Å²) < 4.78 is 8.88. The number of hydrogen-bond acceptors (Lipinski definition) is 2. The van der Waals surface area contributed by atoms with E-state index in [4.69, 9.17) is 19.2 Å². The SMILES string of the molecule is CN1CCCCC1.O=P(O)(O)O. The van der Waals surface area contributed by atoms with Crippen molar-refractivity contribution in [2.24, 2.45) is 0 Å². The van der Waals surface area contributed by atoms with Gasteiger partial charge in [-0.3, -0.25) is 0 Å². The lowest BCUT2D eigenvalue weighted by Gasteiger charge is -2.20. The molecule has 3 N–H and O–H groups in total. The Kier molecular flexibility index (Phi) is 5.70. The molecule has 0 aliphatic carbocycles. The molecule has 0 bridgehead atoms. The molecule has 5 nitrogen and oxygen atoms in total. The summed E-state index contributed by atoms with van der Waals surface area (Å²) in [6.07, 6.45) is 4.28. The Hall–Kier alpha value is 0.0700. The van der Waals surface area contributed by atoms with Crippen molar-refractivity contribution in [3.05, 3.63) is 0 Å². The molecule has 12 heavy (non-hydrogen) atoms. The molecule has 0 aromatic heterocycles. The predicted molar refractivity (Wildman–Crippen MR) is 45.6 cm³/mol. The number of likely N-dealkylation sites (tertiary alicyclic amines) is 1. The van der Waals surface area contributed by atoms with Gasteiger partial charge in [0.15, 0.2) is 0 Å². The van der Waals surface area contributed by atoms with Crippen LogP contribution < -0.4 is 0 Å². The minimum absolute atomic E-state index is 1.32. The Morgan fingerprint density at radius 1 is 1.08 bits per heavy atom. The van der Waals surface area contributed by atoms with E-state index in [-0.39, 0.29) is 0 Å². The third kappa shape index (κ3) is 12.7. The van der Waals surface area contributed by atoms with E-state index in [9.17, 15) is 0 Å². The van der Waals surface area contributed by atoms with E-state index in [0.717, 1.165) is 0 Å². The van der Waals surface area contributed by atoms with Gasteiger partial charge in [-0.05, 0) is 33.0 Å². The van der Waals surface area contributed by atoms with Crippen LogP contribution >= 0.6 is 7.82 Å². The monoisotopic (exact) mass is 197 g/mol. The fourth-order valence-corrected chi connectivity index (χ4v) is 1.05. The molecular weight excluding hydrogens is 181 g/mol. The molecule has 1 aliphatic rings. The highest BCUT2D eigenvalue weighted by Crippen LogP contribution is 2.25. The Bertz CT molecular complexity index is 143. The van der Waals surface area contributed by atoms with Crippen LogP contribution in [0.5, 0.6) is 0 Å². The molecule has 0 saturated carbocycles. The summed E-state index contributed by atoms with van der Waals surface area (Å²) >= 11 is 0. The summed E-state index contributed by atoms with van der Waals surface area (Å²) in [5, 5.41) is 0. The molecule has 1 aliphatic heterocycles. The van der Waals surface area contributed by atoms with E-state index in [1.165, 1.54) is 32.4 Å². The summed E-state index contributed by atoms with van der Waals surface area (Å²) in [6, 6.07) is 0. The van der Waals surface area contributed by atoms with Gasteiger partial charge < -0.3 is 19.6 Å². The van der Waals surface area contributed by atoms with Crippen LogP contribution in [0.15, 0.2) is 0 Å². The van der Waals surface area contributed by atoms with E-state index in [0.29, 0.717) is 0 Å². The van der Waals surface area contributed by atoms with Gasteiger partial charge in [-0.25, -0.2) is 4.57 Å². The Morgan fingerprint density at radius 2 is 1.42 bits per heavy atom. The van der Waals surface area contributed by atoms with Crippen molar-refractivity contribution in [2.45, 2.75) is 19.3 Å². The van der Waals surface area contributed by atoms with Crippen LogP contribution in [0, 0.1) is 0 Å². The Morgan fingerprint density at radius 3 is 1.58 bits per heavy atom. The molecule has 0 aromatic carbocycles. The van der Waals surface area contributed by atoms with Gasteiger partial charge in [-0.1, -0.05) is 6.42 Å². The maximum absolute atomic E-state index is 8.88. The van der Waals surface area contributed by atoms with Crippen LogP contribution in [0.25, 0.3) is 0 Å². The molecule has 0 atom stereocenters. The summed E-state index contributed by atoms with van der Waals surface area (Å²) in [7, 11) is -2.45. The van der Waals surface area contributed by atoms with Crippen molar-refractivity contribution in [3.8, 4) is 0 Å². The van der Waals surface area contributed by atoms with Crippen LogP contribution in [0.4, 0.5) is 0 Å². The first-order valence-corrected chi connectivity index (χ1v) is 5.43. The van der Waals surface area contributed by atoms with Crippen LogP contribution in [0.1, 0.15) is 19.3 Å². The van der Waals surface area contributed by atoms with Gasteiger partial charge in [0.05, 0.1) is 0 Å². The summed E-state index contributed by atoms with van der Waals surface area (Å²) in [5.74, 6) is 0. The van der Waals surface area contributed by atoms with Gasteiger partial charge in [0.1, 0.15) is 0 Å². The molecule has 6 heteroatoms. The normalized spacial score (nSPS) is 19.7. The number of phosphoric acid groups is 1. The first-order valence-electron chi connectivity index (χ1n) is 3.86. The predicted octanol–water partition coefficient (Wildman–Crippen LogP) is 0.173. The van der Waals surface area contributed by atoms with Crippen LogP contribution in [0.3, 0.4) is 0 Å². The second kappa shape index (κ2) is 5.67. The molecule has 74 valence electrons. The van der Waals surface area contributed by atoms with Crippen molar-refractivity contribution in [1.82, 2.24) is 4.90 Å². The molecule has 0 unspecified atom stereocenters. The van der Waals surface area contributed by atoms with Crippen LogP contribution in [0.2, 0.25) is 0 Å². The number of nitrogens with zero attached hydrogens (tertiary/aromatic N) is 1. The largest absolute Gasteiger partial charge is 0.466 e. The Labute approximate surface area is 72.3 Å². The summed E-state index contributed by atoms with van der Waals surface area (Å²) in [4.78, 5) is 24.0. The molecule has 0 spiro atoms. The number of piperidine rings is 1. The van der Waals surface area contributed by atoms with E-state index in [2.05, 4.69) is 11.9 Å². The molecule has 1 saturated heterocycles. The van der Waals surface area contributed by atoms with Crippen LogP contribution in [-0.2, 0) is 4.57 Å². The molecule has 0 amide bonds. The lowest BCUT2D eigenvalue weighted by atomic mass is 10.1. The number of hydrogen-bond donors (Lipinski definition) is 3. The van der Waals surface area contributed by atoms with Crippen molar-refractivity contribution in [1.29, 1.82) is 0 Å². The van der Waals surface area contributed by atoms with Gasteiger partial charge in [-0.2, -0.15) is 0 Å². The zero-order chi connectivity index (χ0) is 9.61. The van der Waals surface area contributed by atoms with Crippen molar-refractivity contribution in [3.63, 3.8) is 0 Å². The Balaban J connectivity index is 0.000000217. The summed E-state index contributed by atoms with van der Waals surface area (Å²) in [5.41, 5.74) is 0. The standard InChI is InChI=1S/C6H13N.H3O4P/c1-7-5-3-2-4-6-7;1-5(2,3)4/h2-6H2,1H3;(H3,1,2,3,4). The molecule has 1 rings (SSSR count). The first-order chi connectivity index (χ1) is 5.39. The summed E-state index contributed by atoms with van der Waals surface area (Å²) in [6.45, 7) is 2.64. The van der Waals surface area contributed by atoms with Gasteiger partial charge in [0.25, 0.3) is 0 Å². The minimum atomic E-state index is -4.64. The maximum atomic E-state index is 8.88. The highest BCUT2D eigenvalue weighted by molar-refractivity contribution is 7.45. The minimum Gasteiger partial charge on any atom is -0.306 e. The van der Waals surface area contributed by atoms with Crippen LogP contribution in [-0.4, -0.2) is 39.7 Å². The topological polar surface area (TPSA) is 81.0 Å². The maximum Gasteiger partial charge on any atom is 0.466 e. The fourth-order valence-electron chi connectivity index (χ4n) is 1.05. The van der Waals surface area contributed by atoms with E-state index in [1.54, 1.807) is 0 Å². The van der Waals surface area contributed by atoms with Gasteiger partial charge in [0.2, 0.25) is 0 Å². The van der Waals surface area contributed by atoms with E-state index >= 15 is 0 Å². The average Bonchev–Trinajstić information content (AvgIpc) is 1.85. The van der Waals surface area contributed by atoms with E-state index < -0.39 is 7.82 Å². The van der Waals surface area contributed by atoms with Crippen molar-refractivity contribution in [2.75, 3.05) is 20.1 Å². The lowest BCUT2D eigenvalue weighted by molar-refractivity contribution is 0.275. The zero-order valence-corrected chi connectivity index (χ0v) is 8.07. The molecule has 1 fully saturated rings. The van der Waals surface area contributed by atoms with Crippen molar-refractivity contribution < 1.29 is 19.2 Å². The molecule has 0 aromatic rings.